The molecule has 8 heteroatoms. The van der Waals surface area contributed by atoms with E-state index in [0.29, 0.717) is 6.04 Å². The molecule has 1 aliphatic rings. The van der Waals surface area contributed by atoms with Crippen molar-refractivity contribution in [2.45, 2.75) is 33.2 Å². The molecule has 6 nitrogen and oxygen atoms in total. The molecule has 1 saturated heterocycles. The van der Waals surface area contributed by atoms with Gasteiger partial charge in [0.1, 0.15) is 0 Å². The standard InChI is InChI=1S/C22H34N6S.HI/c1-4-23-22(24-11-10-21-25-17-19(3)29-21)26-16-18(2)27-12-14-28(15-13-27)20-8-6-5-7-9-20;/h5-9,17-18H,4,10-16H2,1-3H3,(H2,23,24,26);1H. The number of benzene rings is 1. The summed E-state index contributed by atoms with van der Waals surface area (Å²) in [5.74, 6) is 0.899. The maximum absolute atomic E-state index is 4.82. The van der Waals surface area contributed by atoms with Gasteiger partial charge in [-0.2, -0.15) is 0 Å². The van der Waals surface area contributed by atoms with Crippen LogP contribution in [-0.4, -0.2) is 67.7 Å². The minimum absolute atomic E-state index is 0. The first-order valence-corrected chi connectivity index (χ1v) is 11.4. The molecular weight excluding hydrogens is 507 g/mol. The maximum atomic E-state index is 4.82. The maximum Gasteiger partial charge on any atom is 0.191 e. The molecule has 0 bridgehead atoms. The molecule has 2 heterocycles. The normalized spacial score (nSPS) is 16.1. The van der Waals surface area contributed by atoms with Crippen LogP contribution in [0.15, 0.2) is 41.5 Å². The molecular formula is C22H35IN6S. The Balaban J connectivity index is 0.00000320. The first kappa shape index (κ1) is 24.9. The molecule has 166 valence electrons. The Morgan fingerprint density at radius 3 is 2.53 bits per heavy atom. The highest BCUT2D eigenvalue weighted by Crippen LogP contribution is 2.16. The Bertz CT molecular complexity index is 758. The van der Waals surface area contributed by atoms with Crippen molar-refractivity contribution in [2.75, 3.05) is 50.7 Å². The van der Waals surface area contributed by atoms with Crippen LogP contribution in [0.3, 0.4) is 0 Å². The van der Waals surface area contributed by atoms with Gasteiger partial charge in [0.2, 0.25) is 0 Å². The van der Waals surface area contributed by atoms with E-state index < -0.39 is 0 Å². The van der Waals surface area contributed by atoms with E-state index in [1.807, 2.05) is 6.20 Å². The number of rotatable bonds is 8. The highest BCUT2D eigenvalue weighted by molar-refractivity contribution is 14.0. The van der Waals surface area contributed by atoms with Crippen molar-refractivity contribution in [3.05, 3.63) is 46.4 Å². The highest BCUT2D eigenvalue weighted by Gasteiger charge is 2.21. The molecule has 2 aromatic rings. The molecule has 2 N–H and O–H groups in total. The van der Waals surface area contributed by atoms with Gasteiger partial charge in [-0.25, -0.2) is 4.98 Å². The summed E-state index contributed by atoms with van der Waals surface area (Å²) in [7, 11) is 0. The van der Waals surface area contributed by atoms with Crippen LogP contribution in [-0.2, 0) is 6.42 Å². The third-order valence-electron chi connectivity index (χ3n) is 5.22. The third-order valence-corrected chi connectivity index (χ3v) is 6.19. The summed E-state index contributed by atoms with van der Waals surface area (Å²) in [5, 5.41) is 7.98. The van der Waals surface area contributed by atoms with Crippen LogP contribution in [0.4, 0.5) is 5.69 Å². The van der Waals surface area contributed by atoms with Gasteiger partial charge in [-0.15, -0.1) is 35.3 Å². The fourth-order valence-electron chi connectivity index (χ4n) is 3.55. The van der Waals surface area contributed by atoms with Crippen molar-refractivity contribution in [1.82, 2.24) is 20.5 Å². The van der Waals surface area contributed by atoms with Crippen LogP contribution in [0.5, 0.6) is 0 Å². The van der Waals surface area contributed by atoms with Crippen LogP contribution < -0.4 is 15.5 Å². The number of para-hydroxylation sites is 1. The second-order valence-electron chi connectivity index (χ2n) is 7.47. The molecule has 1 unspecified atom stereocenters. The molecule has 3 rings (SSSR count). The van der Waals surface area contributed by atoms with Crippen molar-refractivity contribution in [3.8, 4) is 0 Å². The van der Waals surface area contributed by atoms with E-state index in [1.165, 1.54) is 15.6 Å². The molecule has 0 spiro atoms. The average molecular weight is 543 g/mol. The number of anilines is 1. The summed E-state index contributed by atoms with van der Waals surface area (Å²) in [6.45, 7) is 13.3. The molecule has 0 aliphatic carbocycles. The largest absolute Gasteiger partial charge is 0.369 e. The summed E-state index contributed by atoms with van der Waals surface area (Å²) < 4.78 is 0. The van der Waals surface area contributed by atoms with Gasteiger partial charge in [0.25, 0.3) is 0 Å². The summed E-state index contributed by atoms with van der Waals surface area (Å²) in [6, 6.07) is 11.1. The quantitative estimate of drug-likeness (QED) is 0.305. The zero-order valence-electron chi connectivity index (χ0n) is 18.3. The van der Waals surface area contributed by atoms with Crippen molar-refractivity contribution in [1.29, 1.82) is 0 Å². The van der Waals surface area contributed by atoms with E-state index in [0.717, 1.165) is 58.2 Å². The Morgan fingerprint density at radius 1 is 1.17 bits per heavy atom. The van der Waals surface area contributed by atoms with Gasteiger partial charge in [-0.3, -0.25) is 9.89 Å². The lowest BCUT2D eigenvalue weighted by Crippen LogP contribution is -2.50. The number of thiazole rings is 1. The molecule has 1 aliphatic heterocycles. The lowest BCUT2D eigenvalue weighted by molar-refractivity contribution is 0.201. The Labute approximate surface area is 202 Å². The van der Waals surface area contributed by atoms with Crippen molar-refractivity contribution >= 4 is 47.0 Å². The van der Waals surface area contributed by atoms with Gasteiger partial charge in [0.05, 0.1) is 11.6 Å². The van der Waals surface area contributed by atoms with Gasteiger partial charge in [0, 0.05) is 68.5 Å². The van der Waals surface area contributed by atoms with Crippen molar-refractivity contribution in [3.63, 3.8) is 0 Å². The van der Waals surface area contributed by atoms with Crippen LogP contribution in [0, 0.1) is 6.92 Å². The molecule has 0 saturated carbocycles. The number of nitrogens with zero attached hydrogens (tertiary/aromatic N) is 4. The van der Waals surface area contributed by atoms with Crippen LogP contribution in [0.1, 0.15) is 23.7 Å². The predicted octanol–water partition coefficient (Wildman–Crippen LogP) is 3.38. The van der Waals surface area contributed by atoms with E-state index in [4.69, 9.17) is 4.99 Å². The monoisotopic (exact) mass is 542 g/mol. The van der Waals surface area contributed by atoms with Crippen molar-refractivity contribution < 1.29 is 0 Å². The average Bonchev–Trinajstić information content (AvgIpc) is 3.17. The van der Waals surface area contributed by atoms with E-state index in [1.54, 1.807) is 11.3 Å². The Kier molecular flexibility index (Phi) is 10.9. The predicted molar refractivity (Wildman–Crippen MR) is 140 cm³/mol. The van der Waals surface area contributed by atoms with E-state index in [2.05, 4.69) is 76.5 Å². The molecule has 1 atom stereocenters. The minimum Gasteiger partial charge on any atom is -0.369 e. The zero-order valence-corrected chi connectivity index (χ0v) is 21.5. The van der Waals surface area contributed by atoms with E-state index in [9.17, 15) is 0 Å². The van der Waals surface area contributed by atoms with Crippen LogP contribution >= 0.6 is 35.3 Å². The first-order valence-electron chi connectivity index (χ1n) is 10.6. The summed E-state index contributed by atoms with van der Waals surface area (Å²) >= 11 is 1.77. The number of piperazine rings is 1. The van der Waals surface area contributed by atoms with Gasteiger partial charge >= 0.3 is 0 Å². The van der Waals surface area contributed by atoms with E-state index >= 15 is 0 Å². The van der Waals surface area contributed by atoms with Crippen LogP contribution in [0.2, 0.25) is 0 Å². The second-order valence-corrected chi connectivity index (χ2v) is 8.79. The second kappa shape index (κ2) is 13.1. The number of aromatic nitrogens is 1. The Hall–Kier alpha value is -1.39. The number of aliphatic imine (C=N–C) groups is 1. The number of halogens is 1. The molecule has 1 fully saturated rings. The minimum atomic E-state index is 0. The summed E-state index contributed by atoms with van der Waals surface area (Å²) in [5.41, 5.74) is 1.33. The fourth-order valence-corrected chi connectivity index (χ4v) is 4.33. The number of hydrogen-bond acceptors (Lipinski definition) is 5. The van der Waals surface area contributed by atoms with Gasteiger partial charge < -0.3 is 15.5 Å². The highest BCUT2D eigenvalue weighted by atomic mass is 127. The third kappa shape index (κ3) is 7.70. The van der Waals surface area contributed by atoms with Gasteiger partial charge in [-0.05, 0) is 32.9 Å². The number of hydrogen-bond donors (Lipinski definition) is 2. The van der Waals surface area contributed by atoms with Crippen molar-refractivity contribution in [2.24, 2.45) is 4.99 Å². The summed E-state index contributed by atoms with van der Waals surface area (Å²) in [4.78, 5) is 15.5. The SMILES string of the molecule is CCNC(=NCC(C)N1CCN(c2ccccc2)CC1)NCCc1ncc(C)s1.I. The number of guanidine groups is 1. The van der Waals surface area contributed by atoms with Gasteiger partial charge in [-0.1, -0.05) is 18.2 Å². The summed E-state index contributed by atoms with van der Waals surface area (Å²) in [6.07, 6.45) is 2.87. The smallest absolute Gasteiger partial charge is 0.191 e. The lowest BCUT2D eigenvalue weighted by Gasteiger charge is -2.38. The lowest BCUT2D eigenvalue weighted by atomic mass is 10.2. The Morgan fingerprint density at radius 2 is 1.90 bits per heavy atom. The molecule has 1 aromatic carbocycles. The molecule has 0 amide bonds. The number of aryl methyl sites for hydroxylation is 1. The van der Waals surface area contributed by atoms with Crippen LogP contribution in [0.25, 0.3) is 0 Å². The molecule has 1 aromatic heterocycles. The van der Waals surface area contributed by atoms with E-state index in [-0.39, 0.29) is 24.0 Å². The van der Waals surface area contributed by atoms with Gasteiger partial charge in [0.15, 0.2) is 5.96 Å². The fraction of sp³-hybridized carbons (Fsp3) is 0.545. The first-order chi connectivity index (χ1) is 14.2. The molecule has 30 heavy (non-hydrogen) atoms. The number of nitrogens with one attached hydrogen (secondary N) is 2. The molecule has 0 radical (unpaired) electrons. The zero-order chi connectivity index (χ0) is 20.5. The topological polar surface area (TPSA) is 55.8 Å².